The highest BCUT2D eigenvalue weighted by Crippen LogP contribution is 1.83. The molecule has 0 aromatic carbocycles. The van der Waals surface area contributed by atoms with E-state index in [0.29, 0.717) is 39.6 Å². The summed E-state index contributed by atoms with van der Waals surface area (Å²) in [6, 6.07) is 0. The lowest BCUT2D eigenvalue weighted by Crippen LogP contribution is -2.12. The van der Waals surface area contributed by atoms with Crippen LogP contribution in [-0.4, -0.2) is 52.2 Å². The Morgan fingerprint density at radius 3 is 1.94 bits per heavy atom. The standard InChI is InChI=1S/C11H20O5.CH4/c1-3-4-13-5-6-14-7-8-15-9-10-16-11(2)12;/h3H,1,4-10H2,2H3;1H4. The molecule has 0 aliphatic rings. The number of ether oxygens (including phenoxy) is 4. The summed E-state index contributed by atoms with van der Waals surface area (Å²) in [5.74, 6) is -0.292. The van der Waals surface area contributed by atoms with Gasteiger partial charge in [0.2, 0.25) is 0 Å². The molecular weight excluding hydrogens is 224 g/mol. The van der Waals surface area contributed by atoms with Gasteiger partial charge in [-0.2, -0.15) is 0 Å². The van der Waals surface area contributed by atoms with Crippen LogP contribution in [0, 0.1) is 0 Å². The Morgan fingerprint density at radius 1 is 1.00 bits per heavy atom. The van der Waals surface area contributed by atoms with Gasteiger partial charge in [-0.15, -0.1) is 6.58 Å². The van der Waals surface area contributed by atoms with Crippen LogP contribution in [0.4, 0.5) is 0 Å². The number of rotatable bonds is 11. The van der Waals surface area contributed by atoms with Gasteiger partial charge in [0.05, 0.1) is 39.6 Å². The average Bonchev–Trinajstić information content (AvgIpc) is 2.25. The molecule has 17 heavy (non-hydrogen) atoms. The Morgan fingerprint density at radius 2 is 1.47 bits per heavy atom. The van der Waals surface area contributed by atoms with Crippen LogP contribution in [0.3, 0.4) is 0 Å². The van der Waals surface area contributed by atoms with E-state index in [9.17, 15) is 4.79 Å². The molecule has 0 fully saturated rings. The fourth-order valence-electron chi connectivity index (χ4n) is 0.851. The van der Waals surface area contributed by atoms with Crippen molar-refractivity contribution in [1.82, 2.24) is 0 Å². The summed E-state index contributed by atoms with van der Waals surface area (Å²) in [6.45, 7) is 8.22. The second kappa shape index (κ2) is 15.1. The molecule has 0 amide bonds. The molecule has 0 bridgehead atoms. The van der Waals surface area contributed by atoms with E-state index in [2.05, 4.69) is 11.3 Å². The van der Waals surface area contributed by atoms with Crippen LogP contribution in [0.2, 0.25) is 0 Å². The second-order valence-corrected chi connectivity index (χ2v) is 2.93. The van der Waals surface area contributed by atoms with Crippen LogP contribution in [-0.2, 0) is 23.7 Å². The lowest BCUT2D eigenvalue weighted by Gasteiger charge is -2.06. The summed E-state index contributed by atoms with van der Waals surface area (Å²) in [7, 11) is 0. The molecule has 0 aliphatic carbocycles. The van der Waals surface area contributed by atoms with E-state index in [-0.39, 0.29) is 20.0 Å². The lowest BCUT2D eigenvalue weighted by atomic mass is 10.6. The molecule has 0 spiro atoms. The minimum absolute atomic E-state index is 0. The molecule has 0 heterocycles. The van der Waals surface area contributed by atoms with Crippen molar-refractivity contribution in [2.75, 3.05) is 46.2 Å². The first-order valence-electron chi connectivity index (χ1n) is 5.25. The van der Waals surface area contributed by atoms with Gasteiger partial charge in [-0.3, -0.25) is 4.79 Å². The Balaban J connectivity index is 0. The van der Waals surface area contributed by atoms with E-state index in [0.717, 1.165) is 0 Å². The Labute approximate surface area is 104 Å². The van der Waals surface area contributed by atoms with Crippen molar-refractivity contribution in [2.24, 2.45) is 0 Å². The molecule has 0 radical (unpaired) electrons. The van der Waals surface area contributed by atoms with Crippen molar-refractivity contribution >= 4 is 5.97 Å². The van der Waals surface area contributed by atoms with Crippen LogP contribution in [0.15, 0.2) is 12.7 Å². The second-order valence-electron chi connectivity index (χ2n) is 2.93. The summed E-state index contributed by atoms with van der Waals surface area (Å²) in [6.07, 6.45) is 1.69. The maximum Gasteiger partial charge on any atom is 0.302 e. The smallest absolute Gasteiger partial charge is 0.302 e. The summed E-state index contributed by atoms with van der Waals surface area (Å²) in [5, 5.41) is 0. The van der Waals surface area contributed by atoms with Gasteiger partial charge in [0.15, 0.2) is 0 Å². The van der Waals surface area contributed by atoms with Crippen LogP contribution >= 0.6 is 0 Å². The molecule has 5 nitrogen and oxygen atoms in total. The van der Waals surface area contributed by atoms with Gasteiger partial charge < -0.3 is 18.9 Å². The molecule has 5 heteroatoms. The van der Waals surface area contributed by atoms with Crippen LogP contribution < -0.4 is 0 Å². The zero-order valence-electron chi connectivity index (χ0n) is 9.78. The fraction of sp³-hybridized carbons (Fsp3) is 0.750. The largest absolute Gasteiger partial charge is 0.463 e. The summed E-state index contributed by atoms with van der Waals surface area (Å²) in [4.78, 5) is 10.4. The normalized spacial score (nSPS) is 9.47. The number of carbonyl (C=O) groups excluding carboxylic acids is 1. The quantitative estimate of drug-likeness (QED) is 0.314. The van der Waals surface area contributed by atoms with Crippen LogP contribution in [0.5, 0.6) is 0 Å². The molecule has 0 aromatic heterocycles. The average molecular weight is 248 g/mol. The first-order chi connectivity index (χ1) is 7.77. The van der Waals surface area contributed by atoms with Gasteiger partial charge in [0.1, 0.15) is 6.61 Å². The third kappa shape index (κ3) is 17.7. The van der Waals surface area contributed by atoms with Crippen molar-refractivity contribution < 1.29 is 23.7 Å². The van der Waals surface area contributed by atoms with E-state index in [1.54, 1.807) is 6.08 Å². The van der Waals surface area contributed by atoms with E-state index in [1.807, 2.05) is 0 Å². The summed E-state index contributed by atoms with van der Waals surface area (Å²) in [5.41, 5.74) is 0. The highest BCUT2D eigenvalue weighted by atomic mass is 16.6. The zero-order chi connectivity index (χ0) is 12.1. The number of esters is 1. The topological polar surface area (TPSA) is 54.0 Å². The zero-order valence-corrected chi connectivity index (χ0v) is 9.78. The van der Waals surface area contributed by atoms with Gasteiger partial charge >= 0.3 is 5.97 Å². The molecule has 0 aromatic rings. The van der Waals surface area contributed by atoms with Crippen LogP contribution in [0.25, 0.3) is 0 Å². The molecule has 0 aliphatic heterocycles. The predicted octanol–water partition coefficient (Wildman–Crippen LogP) is 1.42. The molecule has 0 rings (SSSR count). The van der Waals surface area contributed by atoms with E-state index < -0.39 is 0 Å². The van der Waals surface area contributed by atoms with Crippen LogP contribution in [0.1, 0.15) is 14.4 Å². The monoisotopic (exact) mass is 248 g/mol. The minimum Gasteiger partial charge on any atom is -0.463 e. The van der Waals surface area contributed by atoms with Crippen molar-refractivity contribution in [2.45, 2.75) is 14.4 Å². The van der Waals surface area contributed by atoms with Crippen molar-refractivity contribution in [3.63, 3.8) is 0 Å². The maximum absolute atomic E-state index is 10.4. The van der Waals surface area contributed by atoms with Gasteiger partial charge in [0.25, 0.3) is 0 Å². The molecule has 0 saturated heterocycles. The highest BCUT2D eigenvalue weighted by Gasteiger charge is 1.93. The number of hydrogen-bond acceptors (Lipinski definition) is 5. The molecular formula is C12H24O5. The minimum atomic E-state index is -0.292. The van der Waals surface area contributed by atoms with E-state index in [1.165, 1.54) is 6.92 Å². The maximum atomic E-state index is 10.4. The Hall–Kier alpha value is -0.910. The summed E-state index contributed by atoms with van der Waals surface area (Å²) < 4.78 is 20.2. The third-order valence-corrected chi connectivity index (χ3v) is 1.51. The Bertz CT molecular complexity index is 182. The Kier molecular flexibility index (Phi) is 16.4. The van der Waals surface area contributed by atoms with Gasteiger partial charge in [-0.25, -0.2) is 0 Å². The van der Waals surface area contributed by atoms with Gasteiger partial charge in [-0.05, 0) is 0 Å². The third-order valence-electron chi connectivity index (χ3n) is 1.51. The van der Waals surface area contributed by atoms with E-state index in [4.69, 9.17) is 14.2 Å². The van der Waals surface area contributed by atoms with E-state index >= 15 is 0 Å². The predicted molar refractivity (Wildman–Crippen MR) is 66.0 cm³/mol. The van der Waals surface area contributed by atoms with Gasteiger partial charge in [0, 0.05) is 6.92 Å². The number of carbonyl (C=O) groups is 1. The first kappa shape index (κ1) is 18.5. The SMILES string of the molecule is C.C=CCOCCOCCOCCOC(C)=O. The first-order valence-corrected chi connectivity index (χ1v) is 5.25. The molecule has 0 atom stereocenters. The lowest BCUT2D eigenvalue weighted by molar-refractivity contribution is -0.142. The number of hydrogen-bond donors (Lipinski definition) is 0. The fourth-order valence-corrected chi connectivity index (χ4v) is 0.851. The van der Waals surface area contributed by atoms with Crippen molar-refractivity contribution in [3.05, 3.63) is 12.7 Å². The highest BCUT2D eigenvalue weighted by molar-refractivity contribution is 5.65. The van der Waals surface area contributed by atoms with Gasteiger partial charge in [-0.1, -0.05) is 13.5 Å². The van der Waals surface area contributed by atoms with Crippen molar-refractivity contribution in [3.8, 4) is 0 Å². The summed E-state index contributed by atoms with van der Waals surface area (Å²) >= 11 is 0. The molecule has 0 unspecified atom stereocenters. The molecule has 0 N–H and O–H groups in total. The van der Waals surface area contributed by atoms with Crippen molar-refractivity contribution in [1.29, 1.82) is 0 Å². The molecule has 102 valence electrons. The molecule has 0 saturated carbocycles.